The lowest BCUT2D eigenvalue weighted by Gasteiger charge is -2.16. The van der Waals surface area contributed by atoms with Crippen molar-refractivity contribution in [2.24, 2.45) is 5.10 Å². The molecule has 0 bridgehead atoms. The number of aryl methyl sites for hydroxylation is 1. The van der Waals surface area contributed by atoms with Crippen LogP contribution in [0.5, 0.6) is 0 Å². The summed E-state index contributed by atoms with van der Waals surface area (Å²) in [6, 6.07) is 20.6. The van der Waals surface area contributed by atoms with Crippen LogP contribution in [0.2, 0.25) is 0 Å². The lowest BCUT2D eigenvalue weighted by atomic mass is 10.1. The highest BCUT2D eigenvalue weighted by Crippen LogP contribution is 2.23. The summed E-state index contributed by atoms with van der Waals surface area (Å²) >= 11 is 0. The molecular formula is C27H25N5O3. The molecule has 8 nitrogen and oxygen atoms in total. The number of aromatic nitrogens is 2. The van der Waals surface area contributed by atoms with Gasteiger partial charge in [-0.3, -0.25) is 9.69 Å². The zero-order valence-corrected chi connectivity index (χ0v) is 19.8. The van der Waals surface area contributed by atoms with E-state index in [1.807, 2.05) is 81.4 Å². The smallest absolute Gasteiger partial charge is 0.414 e. The Morgan fingerprint density at radius 1 is 1.03 bits per heavy atom. The molecule has 0 radical (unpaired) electrons. The van der Waals surface area contributed by atoms with Crippen molar-refractivity contribution in [1.29, 1.82) is 0 Å². The first-order valence-electron chi connectivity index (χ1n) is 11.4. The van der Waals surface area contributed by atoms with Crippen LogP contribution in [-0.4, -0.2) is 34.5 Å². The molecule has 0 saturated carbocycles. The first-order valence-corrected chi connectivity index (χ1v) is 11.4. The van der Waals surface area contributed by atoms with Crippen LogP contribution in [0.3, 0.4) is 0 Å². The normalized spacial score (nSPS) is 13.9. The number of nitrogens with zero attached hydrogens (tertiary/aromatic N) is 4. The minimum atomic E-state index is -0.354. The maximum Gasteiger partial charge on any atom is 0.414 e. The van der Waals surface area contributed by atoms with Crippen molar-refractivity contribution in [3.05, 3.63) is 93.8 Å². The average molecular weight is 468 g/mol. The minimum Gasteiger partial charge on any atom is -0.447 e. The molecule has 1 aliphatic rings. The van der Waals surface area contributed by atoms with Gasteiger partial charge in [0, 0.05) is 5.69 Å². The number of ether oxygens (including phenoxy) is 1. The van der Waals surface area contributed by atoms with Crippen molar-refractivity contribution in [2.75, 3.05) is 23.5 Å². The molecule has 1 N–H and O–H groups in total. The van der Waals surface area contributed by atoms with Gasteiger partial charge in [0.15, 0.2) is 0 Å². The molecule has 3 aromatic carbocycles. The second-order valence-corrected chi connectivity index (χ2v) is 8.44. The van der Waals surface area contributed by atoms with Crippen LogP contribution in [0.15, 0.2) is 76.6 Å². The van der Waals surface area contributed by atoms with Gasteiger partial charge in [0.05, 0.1) is 28.8 Å². The van der Waals surface area contributed by atoms with E-state index < -0.39 is 0 Å². The van der Waals surface area contributed by atoms with Gasteiger partial charge in [-0.1, -0.05) is 36.4 Å². The molecule has 0 aliphatic carbocycles. The highest BCUT2D eigenvalue weighted by atomic mass is 16.6. The molecule has 1 saturated heterocycles. The summed E-state index contributed by atoms with van der Waals surface area (Å²) < 4.78 is 6.62. The van der Waals surface area contributed by atoms with Crippen LogP contribution >= 0.6 is 0 Å². The molecule has 0 spiro atoms. The van der Waals surface area contributed by atoms with E-state index in [9.17, 15) is 9.59 Å². The summed E-state index contributed by atoms with van der Waals surface area (Å²) in [7, 11) is 0. The number of rotatable bonds is 5. The van der Waals surface area contributed by atoms with E-state index in [0.717, 1.165) is 28.1 Å². The van der Waals surface area contributed by atoms with Crippen molar-refractivity contribution in [3.8, 4) is 5.69 Å². The lowest BCUT2D eigenvalue weighted by Crippen LogP contribution is -2.24. The van der Waals surface area contributed by atoms with Crippen LogP contribution in [0.1, 0.15) is 23.6 Å². The number of cyclic esters (lactones) is 1. The number of anilines is 2. The fraction of sp³-hybridized carbons (Fsp3) is 0.185. The van der Waals surface area contributed by atoms with Crippen molar-refractivity contribution in [1.82, 2.24) is 9.55 Å². The molecule has 8 heteroatoms. The Morgan fingerprint density at radius 3 is 2.63 bits per heavy atom. The number of carbonyl (C=O) groups excluding carboxylic acids is 1. The van der Waals surface area contributed by atoms with E-state index in [2.05, 4.69) is 10.5 Å². The van der Waals surface area contributed by atoms with Crippen LogP contribution < -0.4 is 15.9 Å². The third kappa shape index (κ3) is 4.14. The zero-order valence-electron chi connectivity index (χ0n) is 19.8. The Hall–Kier alpha value is -4.46. The van der Waals surface area contributed by atoms with Crippen LogP contribution in [-0.2, 0) is 4.74 Å². The van der Waals surface area contributed by atoms with Gasteiger partial charge < -0.3 is 4.74 Å². The molecule has 0 atom stereocenters. The Kier molecular flexibility index (Phi) is 5.78. The van der Waals surface area contributed by atoms with Gasteiger partial charge in [-0.15, -0.1) is 0 Å². The van der Waals surface area contributed by atoms with Gasteiger partial charge >= 0.3 is 6.09 Å². The summed E-state index contributed by atoms with van der Waals surface area (Å²) in [5.41, 5.74) is 8.50. The van der Waals surface area contributed by atoms with Crippen LogP contribution in [0.4, 0.5) is 16.4 Å². The van der Waals surface area contributed by atoms with Crippen molar-refractivity contribution in [2.45, 2.75) is 20.8 Å². The Morgan fingerprint density at radius 2 is 1.83 bits per heavy atom. The molecule has 1 fully saturated rings. The third-order valence-corrected chi connectivity index (χ3v) is 6.25. The van der Waals surface area contributed by atoms with Crippen molar-refractivity contribution in [3.63, 3.8) is 0 Å². The third-order valence-electron chi connectivity index (χ3n) is 6.25. The van der Waals surface area contributed by atoms with Gasteiger partial charge in [-0.05, 0) is 67.8 Å². The van der Waals surface area contributed by atoms with Crippen LogP contribution in [0, 0.1) is 13.8 Å². The summed E-state index contributed by atoms with van der Waals surface area (Å²) in [4.78, 5) is 31.8. The minimum absolute atomic E-state index is 0.172. The van der Waals surface area contributed by atoms with Crippen molar-refractivity contribution < 1.29 is 9.53 Å². The predicted molar refractivity (Wildman–Crippen MR) is 138 cm³/mol. The standard InChI is InChI=1S/C27H25N5O3/c1-17-8-6-13-24(18(17)2)32-25(33)22-11-4-5-12-23(22)28-26(32)30-29-19(3)20-9-7-10-21(16-20)31-14-15-35-27(31)34/h4-13,16H,14-15H2,1-3H3,(H,28,30)/b29-19+. The molecule has 1 amide bonds. The van der Waals surface area contributed by atoms with E-state index in [4.69, 9.17) is 9.72 Å². The number of benzene rings is 3. The molecule has 35 heavy (non-hydrogen) atoms. The second-order valence-electron chi connectivity index (χ2n) is 8.44. The quantitative estimate of drug-likeness (QED) is 0.337. The molecule has 2 heterocycles. The van der Waals surface area contributed by atoms with Gasteiger partial charge in [-0.2, -0.15) is 5.10 Å². The Balaban J connectivity index is 1.57. The molecular weight excluding hydrogens is 442 g/mol. The fourth-order valence-electron chi connectivity index (χ4n) is 4.13. The predicted octanol–water partition coefficient (Wildman–Crippen LogP) is 4.80. The molecule has 1 aliphatic heterocycles. The number of hydrogen-bond donors (Lipinski definition) is 1. The lowest BCUT2D eigenvalue weighted by molar-refractivity contribution is 0.181. The SMILES string of the molecule is C/C(=N\Nc1nc2ccccc2c(=O)n1-c1cccc(C)c1C)c1cccc(N2CCOC2=O)c1. The first-order chi connectivity index (χ1) is 16.9. The molecule has 4 aromatic rings. The molecule has 1 aromatic heterocycles. The highest BCUT2D eigenvalue weighted by molar-refractivity contribution is 6.01. The van der Waals surface area contributed by atoms with Gasteiger partial charge in [0.1, 0.15) is 6.61 Å². The van der Waals surface area contributed by atoms with Crippen LogP contribution in [0.25, 0.3) is 16.6 Å². The number of fused-ring (bicyclic) bond motifs is 1. The van der Waals surface area contributed by atoms with E-state index >= 15 is 0 Å². The first kappa shape index (κ1) is 22.3. The number of hydrogen-bond acceptors (Lipinski definition) is 6. The van der Waals surface area contributed by atoms with E-state index in [-0.39, 0.29) is 11.7 Å². The van der Waals surface area contributed by atoms with Gasteiger partial charge in [-0.25, -0.2) is 19.8 Å². The highest BCUT2D eigenvalue weighted by Gasteiger charge is 2.23. The van der Waals surface area contributed by atoms with Gasteiger partial charge in [0.2, 0.25) is 5.95 Å². The molecule has 0 unspecified atom stereocenters. The summed E-state index contributed by atoms with van der Waals surface area (Å²) in [5.74, 6) is 0.320. The number of para-hydroxylation sites is 1. The van der Waals surface area contributed by atoms with Gasteiger partial charge in [0.25, 0.3) is 5.56 Å². The maximum absolute atomic E-state index is 13.5. The second kappa shape index (κ2) is 9.06. The monoisotopic (exact) mass is 467 g/mol. The van der Waals surface area contributed by atoms with E-state index in [1.54, 1.807) is 15.5 Å². The summed E-state index contributed by atoms with van der Waals surface area (Å²) in [5, 5.41) is 5.08. The molecule has 5 rings (SSSR count). The number of hydrazone groups is 1. The zero-order chi connectivity index (χ0) is 24.5. The Labute approximate surface area is 202 Å². The summed E-state index contributed by atoms with van der Waals surface area (Å²) in [6.45, 7) is 6.74. The number of carbonyl (C=O) groups is 1. The fourth-order valence-corrected chi connectivity index (χ4v) is 4.13. The average Bonchev–Trinajstić information content (AvgIpc) is 3.30. The maximum atomic E-state index is 13.5. The largest absolute Gasteiger partial charge is 0.447 e. The Bertz CT molecular complexity index is 1540. The topological polar surface area (TPSA) is 88.8 Å². The summed E-state index contributed by atoms with van der Waals surface area (Å²) in [6.07, 6.45) is -0.354. The van der Waals surface area contributed by atoms with Crippen molar-refractivity contribution >= 4 is 34.3 Å². The van der Waals surface area contributed by atoms with E-state index in [1.165, 1.54) is 0 Å². The number of nitrogens with one attached hydrogen (secondary N) is 1. The van der Waals surface area contributed by atoms with E-state index in [0.29, 0.717) is 35.7 Å². The number of amides is 1. The molecule has 176 valence electrons.